The zero-order valence-electron chi connectivity index (χ0n) is 7.34. The van der Waals surface area contributed by atoms with Crippen molar-refractivity contribution in [2.45, 2.75) is 38.7 Å². The zero-order valence-corrected chi connectivity index (χ0v) is 8.15. The van der Waals surface area contributed by atoms with Gasteiger partial charge in [0, 0.05) is 0 Å². The van der Waals surface area contributed by atoms with E-state index in [1.165, 1.54) is 24.0 Å². The summed E-state index contributed by atoms with van der Waals surface area (Å²) in [5.74, 6) is 0.666. The predicted molar refractivity (Wildman–Crippen MR) is 49.1 cm³/mol. The third kappa shape index (κ3) is 1.48. The van der Waals surface area contributed by atoms with Gasteiger partial charge in [0.2, 0.25) is 0 Å². The van der Waals surface area contributed by atoms with E-state index in [2.05, 4.69) is 0 Å². The predicted octanol–water partition coefficient (Wildman–Crippen LogP) is 1.94. The van der Waals surface area contributed by atoms with Gasteiger partial charge in [0.1, 0.15) is 0 Å². The first-order valence-corrected chi connectivity index (χ1v) is 5.78. The Balaban J connectivity index is 2.26. The summed E-state index contributed by atoms with van der Waals surface area (Å²) in [6.45, 7) is 2.01. The second-order valence-electron chi connectivity index (χ2n) is 3.52. The van der Waals surface area contributed by atoms with Gasteiger partial charge in [-0.25, -0.2) is 4.21 Å². The average molecular weight is 186 g/mol. The topological polar surface area (TPSA) is 26.3 Å². The van der Waals surface area contributed by atoms with E-state index in [1.807, 2.05) is 6.92 Å². The van der Waals surface area contributed by atoms with Gasteiger partial charge in [-0.1, -0.05) is 5.57 Å². The minimum absolute atomic E-state index is 0.106. The molecule has 0 aromatic rings. The van der Waals surface area contributed by atoms with Crippen LogP contribution < -0.4 is 0 Å². The minimum atomic E-state index is -1.05. The van der Waals surface area contributed by atoms with Crippen molar-refractivity contribution in [1.29, 1.82) is 0 Å². The molecule has 0 saturated heterocycles. The van der Waals surface area contributed by atoms with Gasteiger partial charge in [0.05, 0.1) is 11.9 Å². The molecule has 12 heavy (non-hydrogen) atoms. The number of rotatable bonds is 0. The van der Waals surface area contributed by atoms with Gasteiger partial charge < -0.3 is 0 Å². The van der Waals surface area contributed by atoms with Crippen molar-refractivity contribution in [3.63, 3.8) is 0 Å². The molecule has 0 aromatic carbocycles. The molecule has 2 atom stereocenters. The lowest BCUT2D eigenvalue weighted by Gasteiger charge is -2.28. The van der Waals surface area contributed by atoms with Crippen LogP contribution in [0.1, 0.15) is 32.6 Å². The Morgan fingerprint density at radius 2 is 2.17 bits per heavy atom. The normalized spacial score (nSPS) is 36.4. The SMILES string of the molecule is C[C@H]1OS(=O)CC2=C1CCCC2. The summed E-state index contributed by atoms with van der Waals surface area (Å²) in [5, 5.41) is 0. The van der Waals surface area contributed by atoms with Crippen LogP contribution in [0.15, 0.2) is 11.1 Å². The van der Waals surface area contributed by atoms with E-state index < -0.39 is 11.1 Å². The summed E-state index contributed by atoms with van der Waals surface area (Å²) in [6, 6.07) is 0. The molecule has 3 heteroatoms. The molecule has 0 spiro atoms. The largest absolute Gasteiger partial charge is 0.283 e. The zero-order chi connectivity index (χ0) is 8.55. The summed E-state index contributed by atoms with van der Waals surface area (Å²) in [5.41, 5.74) is 2.85. The molecule has 2 aliphatic rings. The van der Waals surface area contributed by atoms with Crippen molar-refractivity contribution >= 4 is 11.1 Å². The lowest BCUT2D eigenvalue weighted by molar-refractivity contribution is 0.267. The summed E-state index contributed by atoms with van der Waals surface area (Å²) in [6.07, 6.45) is 4.96. The summed E-state index contributed by atoms with van der Waals surface area (Å²) < 4.78 is 16.5. The lowest BCUT2D eigenvalue weighted by atomic mass is 9.90. The second-order valence-corrected chi connectivity index (χ2v) is 4.61. The molecule has 2 rings (SSSR count). The second kappa shape index (κ2) is 3.30. The maximum Gasteiger partial charge on any atom is 0.160 e. The molecule has 1 aliphatic carbocycles. The molecule has 68 valence electrons. The van der Waals surface area contributed by atoms with Crippen molar-refractivity contribution in [3.05, 3.63) is 11.1 Å². The first-order chi connectivity index (χ1) is 5.77. The molecule has 0 N–H and O–H groups in total. The van der Waals surface area contributed by atoms with E-state index >= 15 is 0 Å². The Hall–Kier alpha value is -0.150. The number of hydrogen-bond donors (Lipinski definition) is 0. The highest BCUT2D eigenvalue weighted by molar-refractivity contribution is 7.80. The third-order valence-corrected chi connectivity index (χ3v) is 3.75. The van der Waals surface area contributed by atoms with Gasteiger partial charge in [-0.3, -0.25) is 4.18 Å². The Morgan fingerprint density at radius 1 is 1.42 bits per heavy atom. The highest BCUT2D eigenvalue weighted by Crippen LogP contribution is 2.32. The highest BCUT2D eigenvalue weighted by atomic mass is 32.2. The molecule has 1 heterocycles. The Labute approximate surface area is 75.7 Å². The fraction of sp³-hybridized carbons (Fsp3) is 0.778. The quantitative estimate of drug-likeness (QED) is 0.540. The van der Waals surface area contributed by atoms with E-state index in [1.54, 1.807) is 0 Å². The molecular formula is C9H14O2S. The standard InChI is InChI=1S/C9H14O2S/c1-7-9-5-3-2-4-8(9)6-12(10)11-7/h7H,2-6H2,1H3/t7-,12?/m1/s1. The van der Waals surface area contributed by atoms with Crippen molar-refractivity contribution in [2.75, 3.05) is 5.75 Å². The molecule has 0 fully saturated rings. The van der Waals surface area contributed by atoms with Crippen LogP contribution in [0.5, 0.6) is 0 Å². The summed E-state index contributed by atoms with van der Waals surface area (Å²) in [4.78, 5) is 0. The smallest absolute Gasteiger partial charge is 0.160 e. The van der Waals surface area contributed by atoms with Crippen LogP contribution in [0.3, 0.4) is 0 Å². The van der Waals surface area contributed by atoms with E-state index in [0.717, 1.165) is 12.8 Å². The monoisotopic (exact) mass is 186 g/mol. The van der Waals surface area contributed by atoms with Crippen molar-refractivity contribution in [2.24, 2.45) is 0 Å². The molecule has 0 bridgehead atoms. The summed E-state index contributed by atoms with van der Waals surface area (Å²) >= 11 is -1.05. The number of hydrogen-bond acceptors (Lipinski definition) is 2. The Bertz CT molecular complexity index is 245. The van der Waals surface area contributed by atoms with Gasteiger partial charge in [-0.05, 0) is 38.2 Å². The van der Waals surface area contributed by atoms with Gasteiger partial charge in [0.25, 0.3) is 0 Å². The molecule has 0 aromatic heterocycles. The Kier molecular flexibility index (Phi) is 2.33. The van der Waals surface area contributed by atoms with Crippen LogP contribution in [-0.2, 0) is 15.3 Å². The van der Waals surface area contributed by atoms with E-state index in [4.69, 9.17) is 4.18 Å². The van der Waals surface area contributed by atoms with Crippen molar-refractivity contribution in [1.82, 2.24) is 0 Å². The van der Waals surface area contributed by atoms with Gasteiger partial charge in [0.15, 0.2) is 11.1 Å². The van der Waals surface area contributed by atoms with Crippen LogP contribution in [0.25, 0.3) is 0 Å². The highest BCUT2D eigenvalue weighted by Gasteiger charge is 2.26. The average Bonchev–Trinajstić information content (AvgIpc) is 2.04. The molecule has 0 saturated carbocycles. The molecule has 2 nitrogen and oxygen atoms in total. The van der Waals surface area contributed by atoms with Crippen LogP contribution in [-0.4, -0.2) is 16.1 Å². The van der Waals surface area contributed by atoms with Crippen LogP contribution in [0, 0.1) is 0 Å². The first kappa shape index (κ1) is 8.45. The van der Waals surface area contributed by atoms with Gasteiger partial charge >= 0.3 is 0 Å². The first-order valence-electron chi connectivity index (χ1n) is 4.53. The van der Waals surface area contributed by atoms with Crippen LogP contribution >= 0.6 is 0 Å². The fourth-order valence-corrected chi connectivity index (χ4v) is 3.16. The van der Waals surface area contributed by atoms with E-state index in [-0.39, 0.29) is 6.10 Å². The van der Waals surface area contributed by atoms with Gasteiger partial charge in [-0.15, -0.1) is 0 Å². The Morgan fingerprint density at radius 3 is 3.00 bits per heavy atom. The lowest BCUT2D eigenvalue weighted by Crippen LogP contribution is -2.26. The van der Waals surface area contributed by atoms with Crippen LogP contribution in [0.2, 0.25) is 0 Å². The third-order valence-electron chi connectivity index (χ3n) is 2.66. The molecule has 1 unspecified atom stereocenters. The maximum absolute atomic E-state index is 11.2. The maximum atomic E-state index is 11.2. The van der Waals surface area contributed by atoms with E-state index in [9.17, 15) is 4.21 Å². The van der Waals surface area contributed by atoms with E-state index in [0.29, 0.717) is 5.75 Å². The van der Waals surface area contributed by atoms with Crippen molar-refractivity contribution < 1.29 is 8.39 Å². The molecular weight excluding hydrogens is 172 g/mol. The summed E-state index contributed by atoms with van der Waals surface area (Å²) in [7, 11) is 0. The minimum Gasteiger partial charge on any atom is -0.283 e. The van der Waals surface area contributed by atoms with Crippen molar-refractivity contribution in [3.8, 4) is 0 Å². The molecule has 0 amide bonds. The molecule has 1 aliphatic heterocycles. The molecule has 0 radical (unpaired) electrons. The fourth-order valence-electron chi connectivity index (χ4n) is 2.04. The van der Waals surface area contributed by atoms with Crippen LogP contribution in [0.4, 0.5) is 0 Å². The van der Waals surface area contributed by atoms with Gasteiger partial charge in [-0.2, -0.15) is 0 Å².